The summed E-state index contributed by atoms with van der Waals surface area (Å²) in [5.74, 6) is 1.30. The number of aliphatic hydroxyl groups is 1. The third-order valence-electron chi connectivity index (χ3n) is 2.85. The lowest BCUT2D eigenvalue weighted by atomic mass is 10.1. The van der Waals surface area contributed by atoms with Crippen molar-refractivity contribution in [3.63, 3.8) is 0 Å². The lowest BCUT2D eigenvalue weighted by molar-refractivity contribution is 0.0878. The van der Waals surface area contributed by atoms with Crippen LogP contribution in [0.3, 0.4) is 0 Å². The maximum atomic E-state index is 9.24. The van der Waals surface area contributed by atoms with Crippen LogP contribution in [0.15, 0.2) is 24.0 Å². The summed E-state index contributed by atoms with van der Waals surface area (Å²) in [6.45, 7) is 10.2. The predicted molar refractivity (Wildman–Crippen MR) is 84.7 cm³/mol. The molecule has 3 heteroatoms. The normalized spacial score (nSPS) is 15.6. The summed E-state index contributed by atoms with van der Waals surface area (Å²) in [7, 11) is 0. The van der Waals surface area contributed by atoms with Gasteiger partial charge in [-0.15, -0.1) is 0 Å². The molecule has 2 unspecified atom stereocenters. The Kier molecular flexibility index (Phi) is 12.7. The molecule has 0 heterocycles. The number of rotatable bonds is 12. The van der Waals surface area contributed by atoms with Gasteiger partial charge in [-0.05, 0) is 44.3 Å². The van der Waals surface area contributed by atoms with Crippen molar-refractivity contribution in [3.05, 3.63) is 24.0 Å². The Morgan fingerprint density at radius 1 is 1.20 bits per heavy atom. The molecule has 0 spiro atoms. The Bertz CT molecular complexity index is 269. The summed E-state index contributed by atoms with van der Waals surface area (Å²) in [4.78, 5) is 0. The molecule has 0 aliphatic carbocycles. The molecule has 1 N–H and O–H groups in total. The third kappa shape index (κ3) is 12.2. The molecule has 0 saturated heterocycles. The molecule has 0 radical (unpaired) electrons. The molecule has 118 valence electrons. The van der Waals surface area contributed by atoms with Crippen LogP contribution in [0.2, 0.25) is 0 Å². The van der Waals surface area contributed by atoms with E-state index in [0.29, 0.717) is 12.5 Å². The Balaban J connectivity index is 3.98. The van der Waals surface area contributed by atoms with E-state index in [1.54, 1.807) is 6.92 Å². The molecule has 0 aromatic heterocycles. The van der Waals surface area contributed by atoms with E-state index in [0.717, 1.165) is 38.2 Å². The van der Waals surface area contributed by atoms with Crippen molar-refractivity contribution in [1.29, 1.82) is 0 Å². The van der Waals surface area contributed by atoms with Crippen molar-refractivity contribution in [2.75, 3.05) is 19.8 Å². The molecular weight excluding hydrogens is 252 g/mol. The van der Waals surface area contributed by atoms with Gasteiger partial charge < -0.3 is 14.6 Å². The third-order valence-corrected chi connectivity index (χ3v) is 2.85. The van der Waals surface area contributed by atoms with Gasteiger partial charge in [0.2, 0.25) is 0 Å². The molecule has 0 aliphatic heterocycles. The summed E-state index contributed by atoms with van der Waals surface area (Å²) in [6.07, 6.45) is 10.0. The summed E-state index contributed by atoms with van der Waals surface area (Å²) in [5.41, 5.74) is 0. The van der Waals surface area contributed by atoms with E-state index in [2.05, 4.69) is 26.8 Å². The Morgan fingerprint density at radius 3 is 2.55 bits per heavy atom. The zero-order valence-electron chi connectivity index (χ0n) is 13.6. The predicted octanol–water partition coefficient (Wildman–Crippen LogP) is 4.08. The lowest BCUT2D eigenvalue weighted by Crippen LogP contribution is -2.09. The molecule has 3 nitrogen and oxygen atoms in total. The largest absolute Gasteiger partial charge is 0.491 e. The van der Waals surface area contributed by atoms with Crippen LogP contribution in [-0.4, -0.2) is 31.0 Å². The van der Waals surface area contributed by atoms with Gasteiger partial charge in [-0.3, -0.25) is 0 Å². The van der Waals surface area contributed by atoms with E-state index in [9.17, 15) is 5.11 Å². The first kappa shape index (κ1) is 19.2. The average Bonchev–Trinajstić information content (AvgIpc) is 2.41. The molecular formula is C17H32O3. The Hall–Kier alpha value is -0.800. The minimum absolute atomic E-state index is 0.338. The van der Waals surface area contributed by atoms with Gasteiger partial charge in [-0.2, -0.15) is 0 Å². The van der Waals surface area contributed by atoms with Crippen molar-refractivity contribution in [1.82, 2.24) is 0 Å². The second-order valence-electron chi connectivity index (χ2n) is 5.27. The van der Waals surface area contributed by atoms with Gasteiger partial charge in [0.1, 0.15) is 12.4 Å². The van der Waals surface area contributed by atoms with Gasteiger partial charge in [0.05, 0.1) is 6.10 Å². The fraction of sp³-hybridized carbons (Fsp3) is 0.765. The molecule has 0 saturated carbocycles. The maximum absolute atomic E-state index is 9.24. The highest BCUT2D eigenvalue weighted by molar-refractivity contribution is 5.12. The Morgan fingerprint density at radius 2 is 1.95 bits per heavy atom. The first-order valence-corrected chi connectivity index (χ1v) is 7.87. The number of allylic oxidation sites excluding steroid dienone is 3. The van der Waals surface area contributed by atoms with Crippen LogP contribution in [0.4, 0.5) is 0 Å². The zero-order chi connectivity index (χ0) is 15.2. The van der Waals surface area contributed by atoms with Gasteiger partial charge >= 0.3 is 0 Å². The molecule has 0 rings (SSSR count). The van der Waals surface area contributed by atoms with Gasteiger partial charge in [0.15, 0.2) is 0 Å². The van der Waals surface area contributed by atoms with Gasteiger partial charge in [-0.25, -0.2) is 0 Å². The zero-order valence-corrected chi connectivity index (χ0v) is 13.6. The fourth-order valence-corrected chi connectivity index (χ4v) is 1.57. The van der Waals surface area contributed by atoms with Crippen molar-refractivity contribution < 1.29 is 14.6 Å². The molecule has 2 atom stereocenters. The molecule has 20 heavy (non-hydrogen) atoms. The maximum Gasteiger partial charge on any atom is 0.115 e. The molecule has 0 aliphatic rings. The summed E-state index contributed by atoms with van der Waals surface area (Å²) in [5, 5.41) is 9.24. The molecule has 0 aromatic rings. The van der Waals surface area contributed by atoms with Crippen LogP contribution in [-0.2, 0) is 9.47 Å². The molecule has 0 bridgehead atoms. The fourth-order valence-electron chi connectivity index (χ4n) is 1.57. The van der Waals surface area contributed by atoms with Crippen LogP contribution < -0.4 is 0 Å². The first-order valence-electron chi connectivity index (χ1n) is 7.87. The van der Waals surface area contributed by atoms with E-state index in [-0.39, 0.29) is 0 Å². The highest BCUT2D eigenvalue weighted by Crippen LogP contribution is 2.09. The van der Waals surface area contributed by atoms with Crippen molar-refractivity contribution >= 4 is 0 Å². The number of unbranched alkanes of at least 4 members (excludes halogenated alkanes) is 1. The number of ether oxygens (including phenoxy) is 2. The topological polar surface area (TPSA) is 38.7 Å². The highest BCUT2D eigenvalue weighted by atomic mass is 16.5. The summed E-state index contributed by atoms with van der Waals surface area (Å²) >= 11 is 0. The number of hydrogen-bond donors (Lipinski definition) is 1. The molecule has 0 aromatic carbocycles. The molecule has 0 fully saturated rings. The Labute approximate surface area is 124 Å². The van der Waals surface area contributed by atoms with Gasteiger partial charge in [-0.1, -0.05) is 33.3 Å². The number of hydrogen-bond acceptors (Lipinski definition) is 3. The van der Waals surface area contributed by atoms with Crippen LogP contribution in [0.1, 0.15) is 53.4 Å². The van der Waals surface area contributed by atoms with E-state index in [1.165, 1.54) is 6.42 Å². The molecule has 0 amide bonds. The smallest absolute Gasteiger partial charge is 0.115 e. The quantitative estimate of drug-likeness (QED) is 0.333. The number of aliphatic hydroxyl groups excluding tert-OH is 1. The van der Waals surface area contributed by atoms with Crippen LogP contribution in [0.25, 0.3) is 0 Å². The minimum atomic E-state index is -0.437. The highest BCUT2D eigenvalue weighted by Gasteiger charge is 2.01. The second-order valence-corrected chi connectivity index (χ2v) is 5.27. The monoisotopic (exact) mass is 284 g/mol. The summed E-state index contributed by atoms with van der Waals surface area (Å²) < 4.78 is 11.1. The lowest BCUT2D eigenvalue weighted by Gasteiger charge is -2.10. The van der Waals surface area contributed by atoms with Crippen molar-refractivity contribution in [3.8, 4) is 0 Å². The van der Waals surface area contributed by atoms with Gasteiger partial charge in [0.25, 0.3) is 0 Å². The van der Waals surface area contributed by atoms with E-state index >= 15 is 0 Å². The standard InChI is InChI=1S/C17H32O3/c1-5-7-12-19-13-11-15(3)9-10-17(8-6-2)20-14-16(4)18/h8-10,15-16,18H,5-7,11-14H2,1-4H3/b10-9-,17-8+. The van der Waals surface area contributed by atoms with E-state index in [4.69, 9.17) is 9.47 Å². The SMILES string of the molecule is CC/C=C(\C=C/C(C)CCOCCCC)OCC(C)O. The van der Waals surface area contributed by atoms with Crippen LogP contribution in [0.5, 0.6) is 0 Å². The minimum Gasteiger partial charge on any atom is -0.491 e. The van der Waals surface area contributed by atoms with Gasteiger partial charge in [0, 0.05) is 13.2 Å². The second kappa shape index (κ2) is 13.2. The van der Waals surface area contributed by atoms with Crippen molar-refractivity contribution in [2.24, 2.45) is 5.92 Å². The summed E-state index contributed by atoms with van der Waals surface area (Å²) in [6, 6.07) is 0. The van der Waals surface area contributed by atoms with E-state index in [1.807, 2.05) is 12.2 Å². The van der Waals surface area contributed by atoms with Crippen LogP contribution in [0, 0.1) is 5.92 Å². The first-order chi connectivity index (χ1) is 9.60. The van der Waals surface area contributed by atoms with E-state index < -0.39 is 6.10 Å². The van der Waals surface area contributed by atoms with Crippen molar-refractivity contribution in [2.45, 2.75) is 59.5 Å². The average molecular weight is 284 g/mol. The van der Waals surface area contributed by atoms with Crippen LogP contribution >= 0.6 is 0 Å².